The monoisotopic (exact) mass is 333 g/mol. The van der Waals surface area contributed by atoms with Crippen LogP contribution in [0.5, 0.6) is 0 Å². The molecule has 0 amide bonds. The average Bonchev–Trinajstić information content (AvgIpc) is 2.22. The van der Waals surface area contributed by atoms with Gasteiger partial charge in [0.2, 0.25) is 0 Å². The fourth-order valence-corrected chi connectivity index (χ4v) is 6.67. The SMILES string of the molecule is CC(C)(C)O[P+](OC(C)(C)C)(OC(C)(C)C)C1CCCCC1. The van der Waals surface area contributed by atoms with Gasteiger partial charge in [-0.05, 0) is 88.0 Å². The molecule has 0 aliphatic heterocycles. The van der Waals surface area contributed by atoms with Crippen molar-refractivity contribution in [2.24, 2.45) is 0 Å². The molecule has 0 heterocycles. The quantitative estimate of drug-likeness (QED) is 0.548. The Bertz CT molecular complexity index is 300. The molecule has 4 heteroatoms. The predicted octanol–water partition coefficient (Wildman–Crippen LogP) is 6.53. The van der Waals surface area contributed by atoms with Gasteiger partial charge in [-0.25, -0.2) is 0 Å². The maximum absolute atomic E-state index is 6.58. The molecule has 1 rings (SSSR count). The van der Waals surface area contributed by atoms with Gasteiger partial charge < -0.3 is 0 Å². The summed E-state index contributed by atoms with van der Waals surface area (Å²) < 4.78 is 19.8. The highest BCUT2D eigenvalue weighted by Gasteiger charge is 2.60. The van der Waals surface area contributed by atoms with Gasteiger partial charge in [-0.15, -0.1) is 0 Å². The van der Waals surface area contributed by atoms with Gasteiger partial charge in [-0.3, -0.25) is 0 Å². The Morgan fingerprint density at radius 2 is 0.909 bits per heavy atom. The van der Waals surface area contributed by atoms with Gasteiger partial charge in [-0.1, -0.05) is 6.42 Å². The van der Waals surface area contributed by atoms with E-state index in [0.717, 1.165) is 12.8 Å². The summed E-state index contributed by atoms with van der Waals surface area (Å²) >= 11 is 0. The third-order valence-electron chi connectivity index (χ3n) is 3.23. The van der Waals surface area contributed by atoms with Crippen LogP contribution >= 0.6 is 7.94 Å². The topological polar surface area (TPSA) is 27.7 Å². The Hall–Kier alpha value is 0.310. The summed E-state index contributed by atoms with van der Waals surface area (Å²) in [7, 11) is -2.44. The Morgan fingerprint density at radius 1 is 0.591 bits per heavy atom. The van der Waals surface area contributed by atoms with Crippen molar-refractivity contribution < 1.29 is 13.6 Å². The molecule has 0 spiro atoms. The molecule has 1 fully saturated rings. The van der Waals surface area contributed by atoms with Crippen molar-refractivity contribution in [1.82, 2.24) is 0 Å². The van der Waals surface area contributed by atoms with E-state index >= 15 is 0 Å². The fraction of sp³-hybridized carbons (Fsp3) is 1.00. The zero-order chi connectivity index (χ0) is 17.2. The van der Waals surface area contributed by atoms with Crippen molar-refractivity contribution in [3.8, 4) is 0 Å². The highest BCUT2D eigenvalue weighted by atomic mass is 31.2. The molecular weight excluding hydrogens is 295 g/mol. The first-order valence-electron chi connectivity index (χ1n) is 8.73. The zero-order valence-corrected chi connectivity index (χ0v) is 17.2. The molecule has 0 bridgehead atoms. The normalized spacial score (nSPS) is 19.5. The standard InChI is InChI=1S/C18H38O3P/c1-16(2,3)19-22(20-17(4,5)6,21-18(7,8)9)15-13-11-10-12-14-15/h15H,10-14H2,1-9H3/q+1. The first kappa shape index (κ1) is 20.4. The van der Waals surface area contributed by atoms with E-state index in [9.17, 15) is 0 Å². The van der Waals surface area contributed by atoms with Crippen molar-refractivity contribution in [3.63, 3.8) is 0 Å². The molecule has 0 aromatic rings. The summed E-state index contributed by atoms with van der Waals surface area (Å²) in [5.41, 5.74) is -0.440. The van der Waals surface area contributed by atoms with Crippen LogP contribution in [-0.2, 0) is 13.6 Å². The van der Waals surface area contributed by atoms with Gasteiger partial charge in [0.1, 0.15) is 16.8 Å². The lowest BCUT2D eigenvalue weighted by Crippen LogP contribution is -2.37. The highest BCUT2D eigenvalue weighted by Crippen LogP contribution is 2.73. The number of hydrogen-bond acceptors (Lipinski definition) is 3. The minimum Gasteiger partial charge on any atom is -0.172 e. The maximum Gasteiger partial charge on any atom is 0.416 e. The number of hydrogen-bond donors (Lipinski definition) is 0. The third kappa shape index (κ3) is 7.25. The Balaban J connectivity index is 3.20. The predicted molar refractivity (Wildman–Crippen MR) is 96.3 cm³/mol. The van der Waals surface area contributed by atoms with Crippen LogP contribution in [0.25, 0.3) is 0 Å². The van der Waals surface area contributed by atoms with Gasteiger partial charge in [0.05, 0.1) is 0 Å². The third-order valence-corrected chi connectivity index (χ3v) is 7.04. The molecule has 1 aliphatic rings. The molecule has 1 aliphatic carbocycles. The molecular formula is C18H38O3P+. The largest absolute Gasteiger partial charge is 0.416 e. The van der Waals surface area contributed by atoms with Gasteiger partial charge in [-0.2, -0.15) is 13.6 Å². The van der Waals surface area contributed by atoms with Crippen molar-refractivity contribution in [2.75, 3.05) is 0 Å². The van der Waals surface area contributed by atoms with E-state index in [1.807, 2.05) is 0 Å². The molecule has 0 N–H and O–H groups in total. The zero-order valence-electron chi connectivity index (χ0n) is 16.3. The summed E-state index contributed by atoms with van der Waals surface area (Å²) in [5.74, 6) is 0. The lowest BCUT2D eigenvalue weighted by molar-refractivity contribution is -0.0214. The number of rotatable bonds is 4. The van der Waals surface area contributed by atoms with E-state index in [1.165, 1.54) is 19.3 Å². The molecule has 3 nitrogen and oxygen atoms in total. The molecule has 132 valence electrons. The summed E-state index contributed by atoms with van der Waals surface area (Å²) in [6.07, 6.45) is 6.12. The van der Waals surface area contributed by atoms with E-state index in [1.54, 1.807) is 0 Å². The van der Waals surface area contributed by atoms with Crippen LogP contribution in [0.4, 0.5) is 0 Å². The summed E-state index contributed by atoms with van der Waals surface area (Å²) in [6, 6.07) is 0. The van der Waals surface area contributed by atoms with Crippen molar-refractivity contribution in [2.45, 2.75) is 117 Å². The second kappa shape index (κ2) is 7.05. The lowest BCUT2D eigenvalue weighted by Gasteiger charge is -2.40. The minimum atomic E-state index is -2.44. The Labute approximate surface area is 139 Å². The van der Waals surface area contributed by atoms with E-state index in [4.69, 9.17) is 13.6 Å². The van der Waals surface area contributed by atoms with Crippen LogP contribution in [0, 0.1) is 0 Å². The van der Waals surface area contributed by atoms with Crippen molar-refractivity contribution in [1.29, 1.82) is 0 Å². The molecule has 0 aromatic heterocycles. The molecule has 0 unspecified atom stereocenters. The van der Waals surface area contributed by atoms with Crippen molar-refractivity contribution in [3.05, 3.63) is 0 Å². The summed E-state index contributed by atoms with van der Waals surface area (Å²) in [6.45, 7) is 18.9. The first-order valence-corrected chi connectivity index (χ1v) is 10.3. The smallest absolute Gasteiger partial charge is 0.172 e. The van der Waals surface area contributed by atoms with Gasteiger partial charge >= 0.3 is 7.94 Å². The van der Waals surface area contributed by atoms with Gasteiger partial charge in [0, 0.05) is 0 Å². The summed E-state index contributed by atoms with van der Waals surface area (Å²) in [5, 5.41) is 0. The second-order valence-electron chi connectivity index (χ2n) is 9.44. The Morgan fingerprint density at radius 3 is 1.18 bits per heavy atom. The van der Waals surface area contributed by atoms with Crippen molar-refractivity contribution >= 4 is 7.94 Å². The van der Waals surface area contributed by atoms with Gasteiger partial charge in [0.15, 0.2) is 5.66 Å². The fourth-order valence-electron chi connectivity index (χ4n) is 2.82. The van der Waals surface area contributed by atoms with E-state index in [-0.39, 0.29) is 16.8 Å². The maximum atomic E-state index is 6.58. The lowest BCUT2D eigenvalue weighted by atomic mass is 10.0. The van der Waals surface area contributed by atoms with E-state index in [0.29, 0.717) is 5.66 Å². The average molecular weight is 333 g/mol. The van der Waals surface area contributed by atoms with Crippen LogP contribution in [0.3, 0.4) is 0 Å². The molecule has 0 atom stereocenters. The molecule has 1 saturated carbocycles. The molecule has 0 saturated heterocycles. The molecule has 22 heavy (non-hydrogen) atoms. The van der Waals surface area contributed by atoms with Crippen LogP contribution in [0.2, 0.25) is 0 Å². The second-order valence-corrected chi connectivity index (χ2v) is 11.8. The minimum absolute atomic E-state index is 0.276. The van der Waals surface area contributed by atoms with E-state index < -0.39 is 7.94 Å². The van der Waals surface area contributed by atoms with Crippen LogP contribution < -0.4 is 0 Å². The van der Waals surface area contributed by atoms with Crippen LogP contribution in [-0.4, -0.2) is 22.5 Å². The highest BCUT2D eigenvalue weighted by molar-refractivity contribution is 7.62. The summed E-state index contributed by atoms with van der Waals surface area (Å²) in [4.78, 5) is 0. The first-order chi connectivity index (χ1) is 9.73. The molecule has 0 radical (unpaired) electrons. The van der Waals surface area contributed by atoms with Crippen LogP contribution in [0.1, 0.15) is 94.4 Å². The van der Waals surface area contributed by atoms with Crippen LogP contribution in [0.15, 0.2) is 0 Å². The molecule has 0 aromatic carbocycles. The van der Waals surface area contributed by atoms with Gasteiger partial charge in [0.25, 0.3) is 0 Å². The van der Waals surface area contributed by atoms with E-state index in [2.05, 4.69) is 62.3 Å². The Kier molecular flexibility index (Phi) is 6.52.